The SMILES string of the molecule is O=C(/C=C/c1cccc(F)c1)c1cnc2sc3c(n12)CCCCC3. The first-order valence-corrected chi connectivity index (χ1v) is 9.00. The van der Waals surface area contributed by atoms with E-state index in [9.17, 15) is 9.18 Å². The molecular formula is C19H17FN2OS. The van der Waals surface area contributed by atoms with Crippen molar-refractivity contribution >= 4 is 28.2 Å². The van der Waals surface area contributed by atoms with E-state index in [-0.39, 0.29) is 11.6 Å². The van der Waals surface area contributed by atoms with Crippen LogP contribution in [0.15, 0.2) is 36.5 Å². The minimum atomic E-state index is -0.306. The lowest BCUT2D eigenvalue weighted by molar-refractivity contribution is 0.104. The Bertz CT molecular complexity index is 938. The quantitative estimate of drug-likeness (QED) is 0.393. The minimum absolute atomic E-state index is 0.100. The molecule has 4 rings (SSSR count). The standard InChI is InChI=1S/C19H17FN2OS/c20-14-6-4-5-13(11-14)9-10-17(23)16-12-21-19-22(16)15-7-2-1-3-8-18(15)24-19/h4-6,9-12H,1-3,7-8H2/b10-9+. The van der Waals surface area contributed by atoms with E-state index < -0.39 is 0 Å². The molecule has 0 saturated heterocycles. The number of halogens is 1. The number of fused-ring (bicyclic) bond motifs is 3. The predicted molar refractivity (Wildman–Crippen MR) is 94.1 cm³/mol. The summed E-state index contributed by atoms with van der Waals surface area (Å²) in [5, 5.41) is 0. The number of benzene rings is 1. The average Bonchev–Trinajstić information content (AvgIpc) is 3.04. The third kappa shape index (κ3) is 2.80. The van der Waals surface area contributed by atoms with E-state index >= 15 is 0 Å². The average molecular weight is 340 g/mol. The molecule has 122 valence electrons. The van der Waals surface area contributed by atoms with Gasteiger partial charge in [-0.2, -0.15) is 0 Å². The number of thiazole rings is 1. The molecule has 1 aliphatic carbocycles. The van der Waals surface area contributed by atoms with E-state index in [1.54, 1.807) is 35.7 Å². The van der Waals surface area contributed by atoms with Crippen LogP contribution in [0, 0.1) is 5.82 Å². The number of allylic oxidation sites excluding steroid dienone is 1. The van der Waals surface area contributed by atoms with Gasteiger partial charge in [0.25, 0.3) is 0 Å². The Morgan fingerprint density at radius 2 is 2.12 bits per heavy atom. The van der Waals surface area contributed by atoms with E-state index in [1.165, 1.54) is 41.6 Å². The zero-order valence-electron chi connectivity index (χ0n) is 13.2. The highest BCUT2D eigenvalue weighted by Crippen LogP contribution is 2.30. The van der Waals surface area contributed by atoms with E-state index in [0.717, 1.165) is 24.2 Å². The second kappa shape index (κ2) is 6.32. The topological polar surface area (TPSA) is 34.4 Å². The van der Waals surface area contributed by atoms with Crippen molar-refractivity contribution in [1.82, 2.24) is 9.38 Å². The number of hydrogen-bond acceptors (Lipinski definition) is 3. The van der Waals surface area contributed by atoms with Gasteiger partial charge in [0.05, 0.1) is 6.20 Å². The lowest BCUT2D eigenvalue weighted by atomic mass is 10.1. The van der Waals surface area contributed by atoms with Crippen LogP contribution in [0.4, 0.5) is 4.39 Å². The fourth-order valence-electron chi connectivity index (χ4n) is 3.20. The molecule has 0 N–H and O–H groups in total. The van der Waals surface area contributed by atoms with Gasteiger partial charge < -0.3 is 0 Å². The molecule has 0 aliphatic heterocycles. The van der Waals surface area contributed by atoms with Crippen LogP contribution in [0.2, 0.25) is 0 Å². The Balaban J connectivity index is 1.68. The molecule has 2 heterocycles. The molecule has 5 heteroatoms. The first-order valence-electron chi connectivity index (χ1n) is 8.18. The number of imidazole rings is 1. The van der Waals surface area contributed by atoms with Crippen molar-refractivity contribution in [2.45, 2.75) is 32.1 Å². The predicted octanol–water partition coefficient (Wildman–Crippen LogP) is 4.70. The van der Waals surface area contributed by atoms with Crippen LogP contribution < -0.4 is 0 Å². The highest BCUT2D eigenvalue weighted by Gasteiger charge is 2.20. The summed E-state index contributed by atoms with van der Waals surface area (Å²) in [6.07, 6.45) is 10.5. The van der Waals surface area contributed by atoms with Gasteiger partial charge in [-0.3, -0.25) is 9.20 Å². The molecule has 0 fully saturated rings. The molecule has 1 aromatic carbocycles. The Morgan fingerprint density at radius 3 is 3.00 bits per heavy atom. The number of carbonyl (C=O) groups excluding carboxylic acids is 1. The van der Waals surface area contributed by atoms with E-state index in [0.29, 0.717) is 11.3 Å². The van der Waals surface area contributed by atoms with Crippen molar-refractivity contribution in [3.8, 4) is 0 Å². The molecule has 0 amide bonds. The van der Waals surface area contributed by atoms with Gasteiger partial charge in [-0.25, -0.2) is 9.37 Å². The van der Waals surface area contributed by atoms with Gasteiger partial charge in [0.15, 0.2) is 4.96 Å². The van der Waals surface area contributed by atoms with E-state index in [4.69, 9.17) is 0 Å². The van der Waals surface area contributed by atoms with Crippen molar-refractivity contribution in [2.24, 2.45) is 0 Å². The summed E-state index contributed by atoms with van der Waals surface area (Å²) in [5.41, 5.74) is 2.51. The number of ketones is 1. The zero-order chi connectivity index (χ0) is 16.5. The maximum atomic E-state index is 13.2. The lowest BCUT2D eigenvalue weighted by Gasteiger charge is -2.02. The lowest BCUT2D eigenvalue weighted by Crippen LogP contribution is -2.03. The normalized spacial score (nSPS) is 14.9. The highest BCUT2D eigenvalue weighted by atomic mass is 32.1. The van der Waals surface area contributed by atoms with Crippen LogP contribution in [-0.2, 0) is 12.8 Å². The molecule has 0 saturated carbocycles. The molecule has 1 aliphatic rings. The van der Waals surface area contributed by atoms with E-state index in [1.807, 2.05) is 4.40 Å². The number of aryl methyl sites for hydroxylation is 2. The van der Waals surface area contributed by atoms with Crippen LogP contribution >= 0.6 is 11.3 Å². The maximum Gasteiger partial charge on any atom is 0.204 e. The summed E-state index contributed by atoms with van der Waals surface area (Å²) in [6, 6.07) is 6.21. The number of hydrogen-bond donors (Lipinski definition) is 0. The Morgan fingerprint density at radius 1 is 1.25 bits per heavy atom. The van der Waals surface area contributed by atoms with Crippen molar-refractivity contribution in [1.29, 1.82) is 0 Å². The smallest absolute Gasteiger partial charge is 0.204 e. The fraction of sp³-hybridized carbons (Fsp3) is 0.263. The van der Waals surface area contributed by atoms with Crippen molar-refractivity contribution in [3.63, 3.8) is 0 Å². The molecule has 2 aromatic heterocycles. The zero-order valence-corrected chi connectivity index (χ0v) is 14.0. The van der Waals surface area contributed by atoms with Gasteiger partial charge in [-0.05, 0) is 49.5 Å². The van der Waals surface area contributed by atoms with E-state index in [2.05, 4.69) is 4.98 Å². The first-order chi connectivity index (χ1) is 11.7. The van der Waals surface area contributed by atoms with Crippen LogP contribution in [0.1, 0.15) is 45.9 Å². The van der Waals surface area contributed by atoms with Crippen LogP contribution in [0.3, 0.4) is 0 Å². The van der Waals surface area contributed by atoms with Crippen LogP contribution in [0.25, 0.3) is 11.0 Å². The van der Waals surface area contributed by atoms with Crippen LogP contribution in [-0.4, -0.2) is 15.2 Å². The maximum absolute atomic E-state index is 13.2. The molecule has 24 heavy (non-hydrogen) atoms. The van der Waals surface area contributed by atoms with Crippen molar-refractivity contribution in [3.05, 3.63) is 64.2 Å². The summed E-state index contributed by atoms with van der Waals surface area (Å²) in [7, 11) is 0. The molecular weight excluding hydrogens is 323 g/mol. The number of rotatable bonds is 3. The molecule has 0 bridgehead atoms. The Hall–Kier alpha value is -2.27. The molecule has 0 atom stereocenters. The summed E-state index contributed by atoms with van der Waals surface area (Å²) in [5.74, 6) is -0.406. The fourth-order valence-corrected chi connectivity index (χ4v) is 4.39. The summed E-state index contributed by atoms with van der Waals surface area (Å²) in [4.78, 5) is 19.3. The minimum Gasteiger partial charge on any atom is -0.288 e. The van der Waals surface area contributed by atoms with Crippen molar-refractivity contribution in [2.75, 3.05) is 0 Å². The van der Waals surface area contributed by atoms with Gasteiger partial charge in [-0.15, -0.1) is 11.3 Å². The van der Waals surface area contributed by atoms with Crippen molar-refractivity contribution < 1.29 is 9.18 Å². The summed E-state index contributed by atoms with van der Waals surface area (Å²) < 4.78 is 15.2. The van der Waals surface area contributed by atoms with Gasteiger partial charge in [-0.1, -0.05) is 24.6 Å². The largest absolute Gasteiger partial charge is 0.288 e. The Labute approximate surface area is 143 Å². The second-order valence-electron chi connectivity index (χ2n) is 6.05. The van der Waals surface area contributed by atoms with Gasteiger partial charge in [0, 0.05) is 10.6 Å². The number of nitrogens with zero attached hydrogens (tertiary/aromatic N) is 2. The summed E-state index contributed by atoms with van der Waals surface area (Å²) in [6.45, 7) is 0. The second-order valence-corrected chi connectivity index (χ2v) is 7.11. The van der Waals surface area contributed by atoms with Gasteiger partial charge >= 0.3 is 0 Å². The monoisotopic (exact) mass is 340 g/mol. The molecule has 0 spiro atoms. The van der Waals surface area contributed by atoms with Crippen LogP contribution in [0.5, 0.6) is 0 Å². The highest BCUT2D eigenvalue weighted by molar-refractivity contribution is 7.17. The first kappa shape index (κ1) is 15.3. The van der Waals surface area contributed by atoms with Gasteiger partial charge in [0.1, 0.15) is 11.5 Å². The third-order valence-corrected chi connectivity index (χ3v) is 5.54. The summed E-state index contributed by atoms with van der Waals surface area (Å²) >= 11 is 1.69. The number of aromatic nitrogens is 2. The molecule has 3 aromatic rings. The third-order valence-electron chi connectivity index (χ3n) is 4.38. The molecule has 0 unspecified atom stereocenters. The molecule has 3 nitrogen and oxygen atoms in total. The Kier molecular flexibility index (Phi) is 4.02. The van der Waals surface area contributed by atoms with Gasteiger partial charge in [0.2, 0.25) is 5.78 Å². The number of carbonyl (C=O) groups is 1. The molecule has 0 radical (unpaired) electrons.